The molecule has 142 valence electrons. The van der Waals surface area contributed by atoms with Crippen molar-refractivity contribution in [1.82, 2.24) is 4.98 Å². The monoisotopic (exact) mass is 396 g/mol. The molecule has 28 heavy (non-hydrogen) atoms. The molecule has 6 nitrogen and oxygen atoms in total. The fourth-order valence-electron chi connectivity index (χ4n) is 2.29. The molecule has 2 aromatic carbocycles. The molecule has 1 aromatic heterocycles. The number of halogens is 1. The normalized spacial score (nSPS) is 11.4. The fourth-order valence-corrected chi connectivity index (χ4v) is 2.49. The number of benzene rings is 2. The van der Waals surface area contributed by atoms with E-state index in [-0.39, 0.29) is 10.7 Å². The van der Waals surface area contributed by atoms with Crippen molar-refractivity contribution in [2.24, 2.45) is 0 Å². The second kappa shape index (κ2) is 9.01. The van der Waals surface area contributed by atoms with Gasteiger partial charge in [0.15, 0.2) is 6.10 Å². The number of aromatic nitrogens is 1. The molecule has 0 aliphatic heterocycles. The molecule has 3 rings (SSSR count). The summed E-state index contributed by atoms with van der Waals surface area (Å²) in [7, 11) is 0. The van der Waals surface area contributed by atoms with E-state index in [9.17, 15) is 9.59 Å². The maximum atomic E-state index is 12.3. The predicted molar refractivity (Wildman–Crippen MR) is 106 cm³/mol. The molecule has 0 bridgehead atoms. The van der Waals surface area contributed by atoms with Crippen molar-refractivity contribution < 1.29 is 19.1 Å². The number of carbonyl (C=O) groups is 2. The zero-order valence-electron chi connectivity index (χ0n) is 15.0. The van der Waals surface area contributed by atoms with E-state index in [1.165, 1.54) is 19.2 Å². The summed E-state index contributed by atoms with van der Waals surface area (Å²) in [6, 6.07) is 19.3. The van der Waals surface area contributed by atoms with Crippen LogP contribution in [0, 0.1) is 0 Å². The van der Waals surface area contributed by atoms with E-state index in [0.717, 1.165) is 0 Å². The van der Waals surface area contributed by atoms with Crippen molar-refractivity contribution in [2.75, 3.05) is 5.32 Å². The highest BCUT2D eigenvalue weighted by molar-refractivity contribution is 6.32. The summed E-state index contributed by atoms with van der Waals surface area (Å²) in [6.07, 6.45) is 0.449. The second-order valence-electron chi connectivity index (χ2n) is 5.82. The zero-order valence-corrected chi connectivity index (χ0v) is 15.7. The van der Waals surface area contributed by atoms with Gasteiger partial charge in [0.2, 0.25) is 0 Å². The van der Waals surface area contributed by atoms with Gasteiger partial charge in [0, 0.05) is 11.9 Å². The number of nitrogens with zero attached hydrogens (tertiary/aromatic N) is 1. The quantitative estimate of drug-likeness (QED) is 0.482. The first-order chi connectivity index (χ1) is 13.5. The van der Waals surface area contributed by atoms with E-state index < -0.39 is 18.0 Å². The van der Waals surface area contributed by atoms with Gasteiger partial charge < -0.3 is 14.8 Å². The van der Waals surface area contributed by atoms with Crippen molar-refractivity contribution in [3.63, 3.8) is 0 Å². The third kappa shape index (κ3) is 5.08. The Bertz CT molecular complexity index is 962. The van der Waals surface area contributed by atoms with E-state index >= 15 is 0 Å². The summed E-state index contributed by atoms with van der Waals surface area (Å²) in [6.45, 7) is 1.48. The lowest BCUT2D eigenvalue weighted by molar-refractivity contribution is -0.123. The number of anilines is 1. The molecule has 1 atom stereocenters. The molecule has 0 saturated heterocycles. The zero-order chi connectivity index (χ0) is 19.9. The van der Waals surface area contributed by atoms with E-state index in [1.807, 2.05) is 30.3 Å². The molecule has 7 heteroatoms. The highest BCUT2D eigenvalue weighted by atomic mass is 35.5. The van der Waals surface area contributed by atoms with Gasteiger partial charge in [-0.15, -0.1) is 0 Å². The number of para-hydroxylation sites is 1. The standard InChI is InChI=1S/C21H17ClN2O4/c1-14(27-21(26)18-8-5-13-23-19(18)22)20(25)24-15-9-11-17(12-10-15)28-16-6-3-2-4-7-16/h2-14H,1H3,(H,24,25)/t14-/m0/s1. The third-order valence-corrected chi connectivity index (χ3v) is 4.03. The maximum Gasteiger partial charge on any atom is 0.342 e. The molecular weight excluding hydrogens is 380 g/mol. The molecule has 0 aliphatic carbocycles. The Hall–Kier alpha value is -3.38. The van der Waals surface area contributed by atoms with Gasteiger partial charge in [0.05, 0.1) is 5.56 Å². The Labute approximate surface area is 167 Å². The molecule has 0 radical (unpaired) electrons. The molecule has 0 spiro atoms. The molecule has 1 heterocycles. The van der Waals surface area contributed by atoms with Gasteiger partial charge in [-0.05, 0) is 55.5 Å². The fraction of sp³-hybridized carbons (Fsp3) is 0.0952. The Kier molecular flexibility index (Phi) is 6.24. The van der Waals surface area contributed by atoms with Crippen LogP contribution in [0.25, 0.3) is 0 Å². The Morgan fingerprint density at radius 3 is 2.32 bits per heavy atom. The first kappa shape index (κ1) is 19.4. The smallest absolute Gasteiger partial charge is 0.342 e. The van der Waals surface area contributed by atoms with Crippen LogP contribution in [0.1, 0.15) is 17.3 Å². The summed E-state index contributed by atoms with van der Waals surface area (Å²) >= 11 is 5.86. The Morgan fingerprint density at radius 1 is 0.964 bits per heavy atom. The average molecular weight is 397 g/mol. The summed E-state index contributed by atoms with van der Waals surface area (Å²) in [4.78, 5) is 28.2. The van der Waals surface area contributed by atoms with Crippen LogP contribution in [-0.2, 0) is 9.53 Å². The number of rotatable bonds is 6. The number of ether oxygens (including phenoxy) is 2. The van der Waals surface area contributed by atoms with Crippen molar-refractivity contribution in [1.29, 1.82) is 0 Å². The van der Waals surface area contributed by atoms with Crippen LogP contribution in [0.2, 0.25) is 5.15 Å². The minimum absolute atomic E-state index is 0.0223. The van der Waals surface area contributed by atoms with Crippen molar-refractivity contribution in [2.45, 2.75) is 13.0 Å². The van der Waals surface area contributed by atoms with Crippen LogP contribution in [0.4, 0.5) is 5.69 Å². The molecule has 0 saturated carbocycles. The summed E-state index contributed by atoms with van der Waals surface area (Å²) in [5, 5.41) is 2.71. The Morgan fingerprint density at radius 2 is 1.64 bits per heavy atom. The van der Waals surface area contributed by atoms with Crippen LogP contribution in [-0.4, -0.2) is 23.0 Å². The van der Waals surface area contributed by atoms with Crippen LogP contribution < -0.4 is 10.1 Å². The number of carbonyl (C=O) groups excluding carboxylic acids is 2. The molecule has 0 aliphatic rings. The van der Waals surface area contributed by atoms with Crippen molar-refractivity contribution in [3.8, 4) is 11.5 Å². The van der Waals surface area contributed by atoms with Crippen molar-refractivity contribution in [3.05, 3.63) is 83.6 Å². The largest absolute Gasteiger partial charge is 0.457 e. The maximum absolute atomic E-state index is 12.3. The van der Waals surface area contributed by atoms with Gasteiger partial charge in [-0.1, -0.05) is 29.8 Å². The van der Waals surface area contributed by atoms with Gasteiger partial charge >= 0.3 is 5.97 Å². The number of hydrogen-bond acceptors (Lipinski definition) is 5. The van der Waals surface area contributed by atoms with Crippen LogP contribution in [0.3, 0.4) is 0 Å². The molecule has 3 aromatic rings. The van der Waals surface area contributed by atoms with Gasteiger partial charge in [-0.3, -0.25) is 4.79 Å². The summed E-state index contributed by atoms with van der Waals surface area (Å²) in [5.41, 5.74) is 0.652. The first-order valence-corrected chi connectivity index (χ1v) is 8.86. The summed E-state index contributed by atoms with van der Waals surface area (Å²) in [5.74, 6) is 0.168. The van der Waals surface area contributed by atoms with Crippen LogP contribution >= 0.6 is 11.6 Å². The van der Waals surface area contributed by atoms with E-state index in [4.69, 9.17) is 21.1 Å². The van der Waals surface area contributed by atoms with Gasteiger partial charge in [-0.2, -0.15) is 0 Å². The number of esters is 1. The third-order valence-electron chi connectivity index (χ3n) is 3.73. The Balaban J connectivity index is 1.56. The van der Waals surface area contributed by atoms with Gasteiger partial charge in [0.25, 0.3) is 5.91 Å². The van der Waals surface area contributed by atoms with Gasteiger partial charge in [-0.25, -0.2) is 9.78 Å². The number of amides is 1. The average Bonchev–Trinajstić information content (AvgIpc) is 2.70. The molecule has 0 fully saturated rings. The highest BCUT2D eigenvalue weighted by Crippen LogP contribution is 2.23. The minimum Gasteiger partial charge on any atom is -0.457 e. The van der Waals surface area contributed by atoms with E-state index in [2.05, 4.69) is 10.3 Å². The van der Waals surface area contributed by atoms with E-state index in [1.54, 1.807) is 30.3 Å². The van der Waals surface area contributed by atoms with Crippen LogP contribution in [0.5, 0.6) is 11.5 Å². The number of pyridine rings is 1. The minimum atomic E-state index is -1.01. The lowest BCUT2D eigenvalue weighted by atomic mass is 10.2. The second-order valence-corrected chi connectivity index (χ2v) is 6.18. The molecule has 1 amide bonds. The van der Waals surface area contributed by atoms with Crippen molar-refractivity contribution >= 4 is 29.2 Å². The first-order valence-electron chi connectivity index (χ1n) is 8.48. The number of hydrogen-bond donors (Lipinski definition) is 1. The van der Waals surface area contributed by atoms with E-state index in [0.29, 0.717) is 17.2 Å². The summed E-state index contributed by atoms with van der Waals surface area (Å²) < 4.78 is 10.9. The topological polar surface area (TPSA) is 77.5 Å². The highest BCUT2D eigenvalue weighted by Gasteiger charge is 2.21. The lowest BCUT2D eigenvalue weighted by Gasteiger charge is -2.14. The lowest BCUT2D eigenvalue weighted by Crippen LogP contribution is -2.30. The SMILES string of the molecule is C[C@H](OC(=O)c1cccnc1Cl)C(=O)Nc1ccc(Oc2ccccc2)cc1. The molecular formula is C21H17ClN2O4. The predicted octanol–water partition coefficient (Wildman–Crippen LogP) is 4.71. The number of nitrogens with one attached hydrogen (secondary N) is 1. The molecule has 1 N–H and O–H groups in total. The van der Waals surface area contributed by atoms with Gasteiger partial charge in [0.1, 0.15) is 16.7 Å². The molecule has 0 unspecified atom stereocenters. The van der Waals surface area contributed by atoms with Crippen LogP contribution in [0.15, 0.2) is 72.9 Å².